The van der Waals surface area contributed by atoms with E-state index in [0.717, 1.165) is 25.3 Å². The number of benzene rings is 1. The van der Waals surface area contributed by atoms with Gasteiger partial charge in [-0.3, -0.25) is 0 Å². The maximum atomic E-state index is 5.62. The van der Waals surface area contributed by atoms with Crippen molar-refractivity contribution in [1.29, 1.82) is 0 Å². The van der Waals surface area contributed by atoms with Gasteiger partial charge in [-0.25, -0.2) is 0 Å². The van der Waals surface area contributed by atoms with Crippen LogP contribution in [0.25, 0.3) is 0 Å². The number of ether oxygens (including phenoxy) is 1. The summed E-state index contributed by atoms with van der Waals surface area (Å²) in [5, 5.41) is 3.71. The summed E-state index contributed by atoms with van der Waals surface area (Å²) in [4.78, 5) is 0. The third kappa shape index (κ3) is 2.79. The van der Waals surface area contributed by atoms with Crippen LogP contribution in [0.15, 0.2) is 18.2 Å². The summed E-state index contributed by atoms with van der Waals surface area (Å²) in [6, 6.07) is 7.55. The molecule has 0 saturated heterocycles. The minimum atomic E-state index is 0.660. The second-order valence-corrected chi connectivity index (χ2v) is 5.87. The number of likely N-dealkylation sites (N-methyl/N-ethyl adjacent to an activating group) is 1. The Morgan fingerprint density at radius 1 is 1.21 bits per heavy atom. The quantitative estimate of drug-likeness (QED) is 0.837. The molecule has 2 atom stereocenters. The Labute approximate surface area is 116 Å². The van der Waals surface area contributed by atoms with Gasteiger partial charge in [0.25, 0.3) is 0 Å². The largest absolute Gasteiger partial charge is 0.493 e. The van der Waals surface area contributed by atoms with Crippen LogP contribution in [0.3, 0.4) is 0 Å². The molecule has 1 N–H and O–H groups in total. The number of hydrogen-bond acceptors (Lipinski definition) is 2. The van der Waals surface area contributed by atoms with Crippen molar-refractivity contribution >= 4 is 0 Å². The smallest absolute Gasteiger partial charge is 0.122 e. The lowest BCUT2D eigenvalue weighted by Crippen LogP contribution is -2.34. The highest BCUT2D eigenvalue weighted by atomic mass is 16.5. The summed E-state index contributed by atoms with van der Waals surface area (Å²) < 4.78 is 5.62. The van der Waals surface area contributed by atoms with Gasteiger partial charge in [-0.15, -0.1) is 0 Å². The number of rotatable bonds is 3. The van der Waals surface area contributed by atoms with E-state index in [1.807, 2.05) is 0 Å². The van der Waals surface area contributed by atoms with Crippen molar-refractivity contribution in [3.05, 3.63) is 29.3 Å². The number of hydrogen-bond donors (Lipinski definition) is 1. The van der Waals surface area contributed by atoms with Gasteiger partial charge in [-0.2, -0.15) is 0 Å². The Morgan fingerprint density at radius 3 is 3.00 bits per heavy atom. The third-order valence-corrected chi connectivity index (χ3v) is 4.62. The second kappa shape index (κ2) is 5.96. The van der Waals surface area contributed by atoms with Crippen LogP contribution in [-0.4, -0.2) is 19.2 Å². The van der Waals surface area contributed by atoms with Crippen LogP contribution >= 0.6 is 0 Å². The van der Waals surface area contributed by atoms with Gasteiger partial charge in [-0.1, -0.05) is 38.3 Å². The van der Waals surface area contributed by atoms with Crippen molar-refractivity contribution in [2.24, 2.45) is 0 Å². The van der Waals surface area contributed by atoms with Crippen LogP contribution in [0.2, 0.25) is 0 Å². The molecule has 104 valence electrons. The molecule has 1 aromatic carbocycles. The molecule has 3 rings (SSSR count). The molecule has 1 saturated carbocycles. The van der Waals surface area contributed by atoms with E-state index in [9.17, 15) is 0 Å². The minimum absolute atomic E-state index is 0.660. The monoisotopic (exact) mass is 259 g/mol. The van der Waals surface area contributed by atoms with E-state index >= 15 is 0 Å². The fourth-order valence-electron chi connectivity index (χ4n) is 3.65. The Hall–Kier alpha value is -1.02. The predicted molar refractivity (Wildman–Crippen MR) is 78.9 cm³/mol. The second-order valence-electron chi connectivity index (χ2n) is 5.87. The SMILES string of the molecule is CCNC1CCCCCC1c1ccc2c(c1)CCO2. The maximum Gasteiger partial charge on any atom is 0.122 e. The topological polar surface area (TPSA) is 21.3 Å². The molecule has 1 aliphatic heterocycles. The molecule has 0 amide bonds. The molecule has 2 heteroatoms. The first kappa shape index (κ1) is 13.0. The van der Waals surface area contributed by atoms with Crippen LogP contribution in [0.4, 0.5) is 0 Å². The first-order valence-electron chi connectivity index (χ1n) is 7.87. The van der Waals surface area contributed by atoms with Gasteiger partial charge in [0.2, 0.25) is 0 Å². The zero-order chi connectivity index (χ0) is 13.1. The van der Waals surface area contributed by atoms with Gasteiger partial charge in [0.05, 0.1) is 6.61 Å². The molecule has 0 spiro atoms. The number of fused-ring (bicyclic) bond motifs is 1. The summed E-state index contributed by atoms with van der Waals surface area (Å²) in [5.74, 6) is 1.80. The molecule has 2 aliphatic rings. The van der Waals surface area contributed by atoms with Crippen molar-refractivity contribution in [1.82, 2.24) is 5.32 Å². The maximum absolute atomic E-state index is 5.62. The Bertz CT molecular complexity index is 429. The van der Waals surface area contributed by atoms with Crippen LogP contribution in [-0.2, 0) is 6.42 Å². The molecule has 1 aromatic rings. The van der Waals surface area contributed by atoms with E-state index < -0.39 is 0 Å². The first-order valence-corrected chi connectivity index (χ1v) is 7.87. The summed E-state index contributed by atoms with van der Waals surface area (Å²) >= 11 is 0. The molecule has 1 aliphatic carbocycles. The average Bonchev–Trinajstić information content (AvgIpc) is 2.77. The minimum Gasteiger partial charge on any atom is -0.493 e. The Balaban J connectivity index is 1.84. The molecular weight excluding hydrogens is 234 g/mol. The predicted octanol–water partition coefficient (Wildman–Crippen LogP) is 3.65. The average molecular weight is 259 g/mol. The van der Waals surface area contributed by atoms with Crippen LogP contribution in [0.1, 0.15) is 56.1 Å². The van der Waals surface area contributed by atoms with E-state index in [1.165, 1.54) is 43.2 Å². The molecule has 19 heavy (non-hydrogen) atoms. The standard InChI is InChI=1S/C17H25NO/c1-2-18-16-7-5-3-4-6-15(16)13-8-9-17-14(12-13)10-11-19-17/h8-9,12,15-16,18H,2-7,10-11H2,1H3. The van der Waals surface area contributed by atoms with Crippen molar-refractivity contribution < 1.29 is 4.74 Å². The normalized spacial score (nSPS) is 26.6. The highest BCUT2D eigenvalue weighted by Crippen LogP contribution is 2.35. The third-order valence-electron chi connectivity index (χ3n) is 4.62. The number of nitrogens with one attached hydrogen (secondary N) is 1. The van der Waals surface area contributed by atoms with Crippen molar-refractivity contribution in [3.8, 4) is 5.75 Å². The molecule has 0 bridgehead atoms. The lowest BCUT2D eigenvalue weighted by molar-refractivity contribution is 0.356. The Kier molecular flexibility index (Phi) is 4.07. The van der Waals surface area contributed by atoms with Crippen molar-refractivity contribution in [2.75, 3.05) is 13.2 Å². The van der Waals surface area contributed by atoms with E-state index in [4.69, 9.17) is 4.74 Å². The summed E-state index contributed by atoms with van der Waals surface area (Å²) in [5.41, 5.74) is 2.94. The van der Waals surface area contributed by atoms with Crippen LogP contribution < -0.4 is 10.1 Å². The van der Waals surface area contributed by atoms with Crippen LogP contribution in [0.5, 0.6) is 5.75 Å². The molecule has 1 heterocycles. The lowest BCUT2D eigenvalue weighted by atomic mass is 9.86. The molecule has 1 fully saturated rings. The zero-order valence-corrected chi connectivity index (χ0v) is 12.0. The van der Waals surface area contributed by atoms with Gasteiger partial charge in [0.15, 0.2) is 0 Å². The molecule has 0 aromatic heterocycles. The van der Waals surface area contributed by atoms with Crippen molar-refractivity contribution in [3.63, 3.8) is 0 Å². The Morgan fingerprint density at radius 2 is 2.11 bits per heavy atom. The molecule has 2 nitrogen and oxygen atoms in total. The van der Waals surface area contributed by atoms with E-state index in [-0.39, 0.29) is 0 Å². The highest BCUT2D eigenvalue weighted by Gasteiger charge is 2.25. The van der Waals surface area contributed by atoms with Gasteiger partial charge >= 0.3 is 0 Å². The first-order chi connectivity index (χ1) is 9.38. The summed E-state index contributed by atoms with van der Waals surface area (Å²) in [6.45, 7) is 4.16. The van der Waals surface area contributed by atoms with E-state index in [2.05, 4.69) is 30.4 Å². The van der Waals surface area contributed by atoms with Gasteiger partial charge in [-0.05, 0) is 42.5 Å². The molecule has 2 unspecified atom stereocenters. The van der Waals surface area contributed by atoms with Crippen molar-refractivity contribution in [2.45, 2.75) is 57.4 Å². The van der Waals surface area contributed by atoms with Crippen LogP contribution in [0, 0.1) is 0 Å². The fraction of sp³-hybridized carbons (Fsp3) is 0.647. The fourth-order valence-corrected chi connectivity index (χ4v) is 3.65. The molecule has 0 radical (unpaired) electrons. The summed E-state index contributed by atoms with van der Waals surface area (Å²) in [6.07, 6.45) is 7.89. The highest BCUT2D eigenvalue weighted by molar-refractivity contribution is 5.41. The van der Waals surface area contributed by atoms with E-state index in [0.29, 0.717) is 12.0 Å². The van der Waals surface area contributed by atoms with Gasteiger partial charge in [0, 0.05) is 12.5 Å². The van der Waals surface area contributed by atoms with Gasteiger partial charge < -0.3 is 10.1 Å². The van der Waals surface area contributed by atoms with E-state index in [1.54, 1.807) is 0 Å². The summed E-state index contributed by atoms with van der Waals surface area (Å²) in [7, 11) is 0. The molecular formula is C17H25NO. The van der Waals surface area contributed by atoms with Gasteiger partial charge in [0.1, 0.15) is 5.75 Å². The lowest BCUT2D eigenvalue weighted by Gasteiger charge is -2.26. The zero-order valence-electron chi connectivity index (χ0n) is 12.0.